The fraction of sp³-hybridized carbons (Fsp3) is 0.455. The van der Waals surface area contributed by atoms with Gasteiger partial charge in [-0.2, -0.15) is 0 Å². The Morgan fingerprint density at radius 3 is 3.00 bits per heavy atom. The zero-order valence-corrected chi connectivity index (χ0v) is 9.19. The maximum Gasteiger partial charge on any atom is 0.0354 e. The van der Waals surface area contributed by atoms with Crippen molar-refractivity contribution in [2.45, 2.75) is 25.8 Å². The van der Waals surface area contributed by atoms with Gasteiger partial charge in [0, 0.05) is 12.6 Å². The molecule has 13 heavy (non-hydrogen) atoms. The fourth-order valence-electron chi connectivity index (χ4n) is 1.99. The summed E-state index contributed by atoms with van der Waals surface area (Å²) in [5, 5.41) is 0. The van der Waals surface area contributed by atoms with Crippen molar-refractivity contribution in [1.82, 2.24) is 4.67 Å². The highest BCUT2D eigenvalue weighted by atomic mass is 31.0. The van der Waals surface area contributed by atoms with Gasteiger partial charge in [0.1, 0.15) is 0 Å². The van der Waals surface area contributed by atoms with Gasteiger partial charge in [-0.15, -0.1) is 0 Å². The molecule has 1 nitrogen and oxygen atoms in total. The average Bonchev–Trinajstić information content (AvgIpc) is 2.29. The van der Waals surface area contributed by atoms with Crippen molar-refractivity contribution in [2.75, 3.05) is 6.54 Å². The molecule has 0 aromatic heterocycles. The van der Waals surface area contributed by atoms with Crippen LogP contribution in [0.4, 0.5) is 0 Å². The van der Waals surface area contributed by atoms with Gasteiger partial charge in [-0.1, -0.05) is 33.7 Å². The topological polar surface area (TPSA) is 3.24 Å². The molecule has 2 atom stereocenters. The minimum absolute atomic E-state index is 0.545. The molecule has 2 heteroatoms. The Balaban J connectivity index is 2.40. The third kappa shape index (κ3) is 1.77. The second kappa shape index (κ2) is 3.77. The second-order valence-corrected chi connectivity index (χ2v) is 4.38. The van der Waals surface area contributed by atoms with Crippen molar-refractivity contribution in [3.63, 3.8) is 0 Å². The van der Waals surface area contributed by atoms with Crippen molar-refractivity contribution >= 4 is 9.39 Å². The van der Waals surface area contributed by atoms with Crippen molar-refractivity contribution in [1.29, 1.82) is 0 Å². The Bertz CT molecular complexity index is 298. The summed E-state index contributed by atoms with van der Waals surface area (Å²) in [6, 6.07) is 9.34. The van der Waals surface area contributed by atoms with E-state index in [1.165, 1.54) is 30.5 Å². The van der Waals surface area contributed by atoms with Gasteiger partial charge in [-0.25, -0.2) is 0 Å². The summed E-state index contributed by atoms with van der Waals surface area (Å²) in [5.74, 6) is 0. The standard InChI is InChI=1S/C11H16NP/c1-9-11-7-3-2-5-10(11)6-4-8-12(9)13/h2-3,5,7,9H,4,6,8,13H2,1H3. The lowest BCUT2D eigenvalue weighted by molar-refractivity contribution is 0.389. The molecule has 1 aromatic rings. The van der Waals surface area contributed by atoms with E-state index in [4.69, 9.17) is 0 Å². The number of fused-ring (bicyclic) bond motifs is 1. The maximum absolute atomic E-state index is 2.83. The first-order valence-corrected chi connectivity index (χ1v) is 5.40. The summed E-state index contributed by atoms with van der Waals surface area (Å²) in [7, 11) is 2.83. The van der Waals surface area contributed by atoms with E-state index in [0.29, 0.717) is 6.04 Å². The molecule has 0 saturated carbocycles. The lowest BCUT2D eigenvalue weighted by atomic mass is 10.0. The zero-order valence-electron chi connectivity index (χ0n) is 8.03. The van der Waals surface area contributed by atoms with Gasteiger partial charge >= 0.3 is 0 Å². The van der Waals surface area contributed by atoms with Crippen molar-refractivity contribution in [3.05, 3.63) is 35.4 Å². The van der Waals surface area contributed by atoms with E-state index in [1.54, 1.807) is 0 Å². The second-order valence-electron chi connectivity index (χ2n) is 3.72. The van der Waals surface area contributed by atoms with E-state index in [0.717, 1.165) is 0 Å². The van der Waals surface area contributed by atoms with Gasteiger partial charge in [-0.05, 0) is 30.9 Å². The quantitative estimate of drug-likeness (QED) is 0.573. The molecule has 70 valence electrons. The molecule has 0 saturated heterocycles. The van der Waals surface area contributed by atoms with Crippen LogP contribution in [0, 0.1) is 0 Å². The fourth-order valence-corrected chi connectivity index (χ4v) is 2.34. The zero-order chi connectivity index (χ0) is 9.26. The molecule has 2 rings (SSSR count). The van der Waals surface area contributed by atoms with Crippen LogP contribution in [0.25, 0.3) is 0 Å². The van der Waals surface area contributed by atoms with Crippen LogP contribution < -0.4 is 0 Å². The molecular formula is C11H16NP. The van der Waals surface area contributed by atoms with Crippen LogP contribution in [-0.4, -0.2) is 11.2 Å². The molecule has 1 aromatic carbocycles. The number of hydrogen-bond acceptors (Lipinski definition) is 1. The molecule has 0 fully saturated rings. The van der Waals surface area contributed by atoms with E-state index >= 15 is 0 Å². The van der Waals surface area contributed by atoms with Crippen LogP contribution in [0.5, 0.6) is 0 Å². The smallest absolute Gasteiger partial charge is 0.0354 e. The van der Waals surface area contributed by atoms with Crippen LogP contribution in [0.15, 0.2) is 24.3 Å². The Morgan fingerprint density at radius 1 is 1.38 bits per heavy atom. The first kappa shape index (κ1) is 9.18. The Kier molecular flexibility index (Phi) is 2.66. The summed E-state index contributed by atoms with van der Waals surface area (Å²) in [6.45, 7) is 3.46. The van der Waals surface area contributed by atoms with Gasteiger partial charge in [0.05, 0.1) is 0 Å². The molecule has 1 aliphatic heterocycles. The van der Waals surface area contributed by atoms with E-state index < -0.39 is 0 Å². The first-order valence-electron chi connectivity index (χ1n) is 4.88. The molecule has 1 aliphatic rings. The SMILES string of the molecule is CC1c2ccccc2CCCN1P. The Hall–Kier alpha value is -0.390. The highest BCUT2D eigenvalue weighted by Gasteiger charge is 2.17. The van der Waals surface area contributed by atoms with Gasteiger partial charge in [0.25, 0.3) is 0 Å². The van der Waals surface area contributed by atoms with Crippen molar-refractivity contribution < 1.29 is 0 Å². The minimum Gasteiger partial charge on any atom is -0.280 e. The summed E-state index contributed by atoms with van der Waals surface area (Å²) < 4.78 is 2.35. The molecule has 1 heterocycles. The third-order valence-electron chi connectivity index (χ3n) is 2.87. The summed E-state index contributed by atoms with van der Waals surface area (Å²) in [6.07, 6.45) is 2.50. The average molecular weight is 193 g/mol. The molecule has 0 bridgehead atoms. The monoisotopic (exact) mass is 193 g/mol. The van der Waals surface area contributed by atoms with Gasteiger partial charge in [-0.3, -0.25) is 4.67 Å². The molecule has 0 spiro atoms. The van der Waals surface area contributed by atoms with E-state index in [-0.39, 0.29) is 0 Å². The number of benzene rings is 1. The number of aryl methyl sites for hydroxylation is 1. The highest BCUT2D eigenvalue weighted by Crippen LogP contribution is 2.30. The van der Waals surface area contributed by atoms with Gasteiger partial charge in [0.15, 0.2) is 0 Å². The van der Waals surface area contributed by atoms with Crippen LogP contribution in [0.1, 0.15) is 30.5 Å². The van der Waals surface area contributed by atoms with Gasteiger partial charge < -0.3 is 0 Å². The molecule has 2 unspecified atom stereocenters. The van der Waals surface area contributed by atoms with E-state index in [1.807, 2.05) is 0 Å². The normalized spacial score (nSPS) is 23.7. The number of hydrogen-bond donors (Lipinski definition) is 0. The predicted octanol–water partition coefficient (Wildman–Crippen LogP) is 2.79. The lowest BCUT2D eigenvalue weighted by Gasteiger charge is -2.22. The van der Waals surface area contributed by atoms with Crippen molar-refractivity contribution in [2.24, 2.45) is 0 Å². The van der Waals surface area contributed by atoms with E-state index in [2.05, 4.69) is 45.3 Å². The van der Waals surface area contributed by atoms with Crippen LogP contribution >= 0.6 is 9.39 Å². The largest absolute Gasteiger partial charge is 0.280 e. The molecule has 0 aliphatic carbocycles. The molecular weight excluding hydrogens is 177 g/mol. The molecule has 0 N–H and O–H groups in total. The summed E-state index contributed by atoms with van der Waals surface area (Å²) in [5.41, 5.74) is 3.02. The summed E-state index contributed by atoms with van der Waals surface area (Å²) in [4.78, 5) is 0. The Labute approximate surface area is 82.4 Å². The number of nitrogens with zero attached hydrogens (tertiary/aromatic N) is 1. The first-order chi connectivity index (χ1) is 6.29. The van der Waals surface area contributed by atoms with Gasteiger partial charge in [0.2, 0.25) is 0 Å². The maximum atomic E-state index is 2.83. The Morgan fingerprint density at radius 2 is 2.15 bits per heavy atom. The molecule has 0 radical (unpaired) electrons. The molecule has 0 amide bonds. The highest BCUT2D eigenvalue weighted by molar-refractivity contribution is 7.13. The lowest BCUT2D eigenvalue weighted by Crippen LogP contribution is -2.15. The van der Waals surface area contributed by atoms with Crippen molar-refractivity contribution in [3.8, 4) is 0 Å². The predicted molar refractivity (Wildman–Crippen MR) is 59.6 cm³/mol. The van der Waals surface area contributed by atoms with Crippen LogP contribution in [-0.2, 0) is 6.42 Å². The van der Waals surface area contributed by atoms with Crippen LogP contribution in [0.2, 0.25) is 0 Å². The summed E-state index contributed by atoms with van der Waals surface area (Å²) >= 11 is 0. The number of rotatable bonds is 0. The van der Waals surface area contributed by atoms with E-state index in [9.17, 15) is 0 Å². The minimum atomic E-state index is 0.545. The third-order valence-corrected chi connectivity index (χ3v) is 3.57. The van der Waals surface area contributed by atoms with Crippen LogP contribution in [0.3, 0.4) is 0 Å².